The van der Waals surface area contributed by atoms with Gasteiger partial charge in [-0.15, -0.1) is 0 Å². The van der Waals surface area contributed by atoms with Crippen LogP contribution >= 0.6 is 0 Å². The fraction of sp³-hybridized carbons (Fsp3) is 0.500. The predicted molar refractivity (Wildman–Crippen MR) is 65.4 cm³/mol. The van der Waals surface area contributed by atoms with E-state index in [1.54, 1.807) is 24.3 Å². The number of carboxylic acid groups (broad SMARTS) is 1. The van der Waals surface area contributed by atoms with Crippen LogP contribution in [0.1, 0.15) is 43.0 Å². The highest BCUT2D eigenvalue weighted by Crippen LogP contribution is 2.28. The highest BCUT2D eigenvalue weighted by atomic mass is 16.5. The molecule has 2 unspecified atom stereocenters. The summed E-state index contributed by atoms with van der Waals surface area (Å²) in [6.45, 7) is 2.22. The van der Waals surface area contributed by atoms with E-state index in [-0.39, 0.29) is 6.10 Å². The third-order valence-corrected chi connectivity index (χ3v) is 3.42. The van der Waals surface area contributed by atoms with Gasteiger partial charge in [0.1, 0.15) is 11.9 Å². The van der Waals surface area contributed by atoms with Crippen LogP contribution in [0, 0.1) is 5.92 Å². The van der Waals surface area contributed by atoms with E-state index >= 15 is 0 Å². The second-order valence-electron chi connectivity index (χ2n) is 4.75. The van der Waals surface area contributed by atoms with Gasteiger partial charge in [0.15, 0.2) is 0 Å². The summed E-state index contributed by atoms with van der Waals surface area (Å²) < 4.78 is 5.91. The lowest BCUT2D eigenvalue weighted by atomic mass is 9.88. The fourth-order valence-corrected chi connectivity index (χ4v) is 2.31. The van der Waals surface area contributed by atoms with E-state index in [1.807, 2.05) is 0 Å². The van der Waals surface area contributed by atoms with Gasteiger partial charge in [-0.25, -0.2) is 4.79 Å². The maximum Gasteiger partial charge on any atom is 0.335 e. The Hall–Kier alpha value is -1.51. The van der Waals surface area contributed by atoms with Crippen molar-refractivity contribution >= 4 is 5.97 Å². The molecule has 2 atom stereocenters. The lowest BCUT2D eigenvalue weighted by Gasteiger charge is -2.29. The van der Waals surface area contributed by atoms with Crippen molar-refractivity contribution in [2.45, 2.75) is 38.7 Å². The average Bonchev–Trinajstić information content (AvgIpc) is 2.33. The second kappa shape index (κ2) is 5.21. The molecule has 3 nitrogen and oxygen atoms in total. The lowest BCUT2D eigenvalue weighted by molar-refractivity contribution is 0.0696. The van der Waals surface area contributed by atoms with Crippen LogP contribution in [-0.4, -0.2) is 17.2 Å². The highest BCUT2D eigenvalue weighted by molar-refractivity contribution is 5.87. The van der Waals surface area contributed by atoms with Gasteiger partial charge in [0.2, 0.25) is 0 Å². The molecule has 0 spiro atoms. The van der Waals surface area contributed by atoms with Crippen molar-refractivity contribution in [3.8, 4) is 5.75 Å². The quantitative estimate of drug-likeness (QED) is 0.872. The van der Waals surface area contributed by atoms with Crippen LogP contribution in [0.2, 0.25) is 0 Å². The van der Waals surface area contributed by atoms with Crippen molar-refractivity contribution in [2.75, 3.05) is 0 Å². The molecule has 1 aromatic rings. The summed E-state index contributed by atoms with van der Waals surface area (Å²) in [5.41, 5.74) is 0.300. The van der Waals surface area contributed by atoms with E-state index in [4.69, 9.17) is 9.84 Å². The summed E-state index contributed by atoms with van der Waals surface area (Å²) in [4.78, 5) is 10.7. The molecule has 0 amide bonds. The molecule has 0 aliphatic heterocycles. The van der Waals surface area contributed by atoms with Crippen molar-refractivity contribution in [2.24, 2.45) is 5.92 Å². The summed E-state index contributed by atoms with van der Waals surface area (Å²) in [5.74, 6) is 0.458. The summed E-state index contributed by atoms with van der Waals surface area (Å²) >= 11 is 0. The van der Waals surface area contributed by atoms with E-state index in [9.17, 15) is 4.79 Å². The molecule has 3 heteroatoms. The monoisotopic (exact) mass is 234 g/mol. The lowest BCUT2D eigenvalue weighted by Crippen LogP contribution is -2.28. The fourth-order valence-electron chi connectivity index (χ4n) is 2.31. The number of carboxylic acids is 1. The van der Waals surface area contributed by atoms with E-state index < -0.39 is 5.97 Å². The number of carbonyl (C=O) groups is 1. The van der Waals surface area contributed by atoms with Gasteiger partial charge in [-0.3, -0.25) is 0 Å². The van der Waals surface area contributed by atoms with Crippen molar-refractivity contribution in [1.29, 1.82) is 0 Å². The first-order valence-corrected chi connectivity index (χ1v) is 6.17. The molecule has 1 saturated carbocycles. The van der Waals surface area contributed by atoms with E-state index in [1.165, 1.54) is 19.3 Å². The minimum absolute atomic E-state index is 0.277. The highest BCUT2D eigenvalue weighted by Gasteiger charge is 2.22. The van der Waals surface area contributed by atoms with Crippen LogP contribution in [0.15, 0.2) is 24.3 Å². The number of hydrogen-bond acceptors (Lipinski definition) is 2. The van der Waals surface area contributed by atoms with E-state index in [2.05, 4.69) is 6.92 Å². The van der Waals surface area contributed by atoms with Gasteiger partial charge in [-0.2, -0.15) is 0 Å². The third-order valence-electron chi connectivity index (χ3n) is 3.42. The molecule has 1 aliphatic rings. The minimum atomic E-state index is -0.900. The van der Waals surface area contributed by atoms with Gasteiger partial charge in [0.05, 0.1) is 5.56 Å². The predicted octanol–water partition coefficient (Wildman–Crippen LogP) is 3.34. The summed E-state index contributed by atoms with van der Waals surface area (Å²) in [6.07, 6.45) is 5.11. The normalized spacial score (nSPS) is 24.3. The smallest absolute Gasteiger partial charge is 0.335 e. The molecule has 92 valence electrons. The van der Waals surface area contributed by atoms with Crippen molar-refractivity contribution in [3.63, 3.8) is 0 Å². The maximum absolute atomic E-state index is 10.7. The average molecular weight is 234 g/mol. The number of hydrogen-bond donors (Lipinski definition) is 1. The van der Waals surface area contributed by atoms with Crippen molar-refractivity contribution < 1.29 is 14.6 Å². The zero-order valence-corrected chi connectivity index (χ0v) is 10.1. The standard InChI is InChI=1S/C14H18O3/c1-10-4-2-3-5-13(10)17-12-8-6-11(7-9-12)14(15)16/h6-10,13H,2-5H2,1H3,(H,15,16). The second-order valence-corrected chi connectivity index (χ2v) is 4.75. The third kappa shape index (κ3) is 2.99. The zero-order valence-electron chi connectivity index (χ0n) is 10.1. The molecule has 1 aromatic carbocycles. The molecule has 0 aromatic heterocycles. The van der Waals surface area contributed by atoms with Gasteiger partial charge >= 0.3 is 5.97 Å². The minimum Gasteiger partial charge on any atom is -0.490 e. The molecule has 2 rings (SSSR count). The topological polar surface area (TPSA) is 46.5 Å². The Balaban J connectivity index is 2.00. The number of ether oxygens (including phenoxy) is 1. The Morgan fingerprint density at radius 2 is 1.88 bits per heavy atom. The maximum atomic E-state index is 10.7. The zero-order chi connectivity index (χ0) is 12.3. The molecule has 17 heavy (non-hydrogen) atoms. The summed E-state index contributed by atoms with van der Waals surface area (Å²) in [6, 6.07) is 6.66. The molecule has 0 bridgehead atoms. The molecule has 1 aliphatic carbocycles. The van der Waals surface area contributed by atoms with E-state index in [0.717, 1.165) is 12.2 Å². The Kier molecular flexibility index (Phi) is 3.67. The van der Waals surface area contributed by atoms with Crippen molar-refractivity contribution in [1.82, 2.24) is 0 Å². The van der Waals surface area contributed by atoms with Crippen LogP contribution in [0.25, 0.3) is 0 Å². The van der Waals surface area contributed by atoms with Crippen LogP contribution in [0.4, 0.5) is 0 Å². The molecule has 0 radical (unpaired) electrons. The number of benzene rings is 1. The SMILES string of the molecule is CC1CCCCC1Oc1ccc(C(=O)O)cc1. The Morgan fingerprint density at radius 1 is 1.24 bits per heavy atom. The van der Waals surface area contributed by atoms with Crippen molar-refractivity contribution in [3.05, 3.63) is 29.8 Å². The van der Waals surface area contributed by atoms with Crippen LogP contribution in [0.3, 0.4) is 0 Å². The molecular weight excluding hydrogens is 216 g/mol. The molecular formula is C14H18O3. The molecule has 0 heterocycles. The van der Waals surface area contributed by atoms with Gasteiger partial charge in [0, 0.05) is 0 Å². The van der Waals surface area contributed by atoms with Crippen LogP contribution < -0.4 is 4.74 Å². The first kappa shape index (κ1) is 12.0. The van der Waals surface area contributed by atoms with Gasteiger partial charge in [-0.05, 0) is 49.4 Å². The van der Waals surface area contributed by atoms with Crippen LogP contribution in [-0.2, 0) is 0 Å². The Bertz CT molecular complexity index is 383. The van der Waals surface area contributed by atoms with Crippen LogP contribution in [0.5, 0.6) is 5.75 Å². The molecule has 1 N–H and O–H groups in total. The summed E-state index contributed by atoms with van der Waals surface area (Å²) in [7, 11) is 0. The first-order chi connectivity index (χ1) is 8.16. The number of rotatable bonds is 3. The molecule has 0 saturated heterocycles. The molecule has 1 fully saturated rings. The summed E-state index contributed by atoms with van der Waals surface area (Å²) in [5, 5.41) is 8.80. The first-order valence-electron chi connectivity index (χ1n) is 6.17. The van der Waals surface area contributed by atoms with Gasteiger partial charge in [-0.1, -0.05) is 13.3 Å². The van der Waals surface area contributed by atoms with Gasteiger partial charge < -0.3 is 9.84 Å². The number of aromatic carboxylic acids is 1. The van der Waals surface area contributed by atoms with Gasteiger partial charge in [0.25, 0.3) is 0 Å². The Labute approximate surface area is 101 Å². The van der Waals surface area contributed by atoms with E-state index in [0.29, 0.717) is 11.5 Å². The largest absolute Gasteiger partial charge is 0.490 e. The Morgan fingerprint density at radius 3 is 2.47 bits per heavy atom.